The zero-order valence-electron chi connectivity index (χ0n) is 81.5. The number of allylic oxidation sites excluding steroid dienone is 48. The molecule has 702 valence electrons. The summed E-state index contributed by atoms with van der Waals surface area (Å²) in [6, 6.07) is 0. The van der Waals surface area contributed by atoms with Crippen LogP contribution in [-0.2, 0) is 28.8 Å². The second-order valence-corrected chi connectivity index (χ2v) is 41.4. The van der Waals surface area contributed by atoms with Crippen molar-refractivity contribution in [2.24, 2.45) is 178 Å². The van der Waals surface area contributed by atoms with E-state index >= 15 is 0 Å². The van der Waals surface area contributed by atoms with Gasteiger partial charge in [-0.1, -0.05) is 335 Å². The standard InChI is InChI=1S/3C21H28O.3C21H26O/c6*1-3-5-6-7-8-9-11-18-17(10-4-2)19-15-12-13-16(14-15)20(19)21(18)22/h3*4,8-9,11-13,15-17,19-20H,2-3,5-7,10,14H2,1H3;3*4-6,8-9,11-13,15-17,19-20H,2-3,7,10,14H2,1H3/b3*9-8+,18-11+;3*6-5-,9-8+,18-11+/t2*15-,16+,17-,19+,20+;;2*15-,16+,17-,19+,20+;/m10.10./s1. The highest BCUT2D eigenvalue weighted by molar-refractivity contribution is 6.05. The molecule has 0 aromatic rings. The van der Waals surface area contributed by atoms with Gasteiger partial charge < -0.3 is 0 Å². The second-order valence-electron chi connectivity index (χ2n) is 41.4. The highest BCUT2D eigenvalue weighted by Gasteiger charge is 2.63. The third kappa shape index (κ3) is 22.4. The Labute approximate surface area is 798 Å². The Hall–Kier alpha value is -9.00. The minimum atomic E-state index is 0.250. The normalized spacial score (nSPS) is 37.8. The number of fused-ring (bicyclic) bond motifs is 30. The predicted octanol–water partition coefficient (Wildman–Crippen LogP) is 30.9. The molecule has 12 bridgehead atoms. The number of unbranched alkanes of at least 4 members (excludes halogenated alkanes) is 9. The van der Waals surface area contributed by atoms with E-state index in [2.05, 4.69) is 300 Å². The number of ketones is 6. The van der Waals surface area contributed by atoms with Crippen LogP contribution < -0.4 is 0 Å². The minimum absolute atomic E-state index is 0.250. The molecule has 30 atom stereocenters. The van der Waals surface area contributed by atoms with Gasteiger partial charge in [0.25, 0.3) is 0 Å². The molecule has 132 heavy (non-hydrogen) atoms. The number of carbonyl (C=O) groups is 6. The van der Waals surface area contributed by atoms with Crippen molar-refractivity contribution < 1.29 is 28.8 Å². The Bertz CT molecular complexity index is 4310. The summed E-state index contributed by atoms with van der Waals surface area (Å²) >= 11 is 0. The second kappa shape index (κ2) is 50.0. The first-order valence-corrected chi connectivity index (χ1v) is 52.8. The van der Waals surface area contributed by atoms with Gasteiger partial charge in [-0.3, -0.25) is 28.8 Å². The average Bonchev–Trinajstić information content (AvgIpc) is 1.61. The summed E-state index contributed by atoms with van der Waals surface area (Å²) in [6.07, 6.45) is 125. The molecule has 0 amide bonds. The SMILES string of the molecule is C=CCC1/C(=C\C=C\C/C=C\CC)C(=O)C2C3C=CC(C3)C12.C=CCC1/C(=C\C=C\CCCCC)C(=O)C2C3C=CC(C3)C12.C=CC[C@@H]1/C(=C\C=C\C/C=C\CC)C(=O)[C@@H]2[C@H]1[C@@H]1C=C[C@H]2C1.C=CC[C@@H]1/C(=C\C=C\CCCCC)C(=O)[C@@H]2[C@H]1[C@@H]1C=C[C@H]2C1.C=CC[C@H]1/C(=C\C=C\C/C=C\CC)C(=O)[C@H]2[C@@H]1[C@H]1C=C[C@@H]2C1.C=CC[C@H]1/C(=C\C=C\CCCCC)C(=O)[C@H]2[C@@H]1[C@H]1C=C[C@@H]2C1. The lowest BCUT2D eigenvalue weighted by Gasteiger charge is -2.23. The molecule has 0 spiro atoms. The molecule has 18 aliphatic rings. The van der Waals surface area contributed by atoms with E-state index in [4.69, 9.17) is 0 Å². The summed E-state index contributed by atoms with van der Waals surface area (Å²) in [5, 5.41) is 0. The monoisotopic (exact) mass is 1770 g/mol. The van der Waals surface area contributed by atoms with E-state index in [1.54, 1.807) is 0 Å². The van der Waals surface area contributed by atoms with Gasteiger partial charge in [0.1, 0.15) is 0 Å². The van der Waals surface area contributed by atoms with Crippen molar-refractivity contribution in [3.63, 3.8) is 0 Å². The van der Waals surface area contributed by atoms with Gasteiger partial charge in [-0.25, -0.2) is 0 Å². The van der Waals surface area contributed by atoms with Gasteiger partial charge in [0, 0.05) is 35.5 Å². The highest BCUT2D eigenvalue weighted by atomic mass is 16.1. The maximum absolute atomic E-state index is 12.9. The third-order valence-corrected chi connectivity index (χ3v) is 33.8. The fraction of sp³-hybridized carbons (Fsp3) is 0.524. The summed E-state index contributed by atoms with van der Waals surface area (Å²) in [5.74, 6) is 16.3. The molecule has 18 aliphatic carbocycles. The number of hydrogen-bond acceptors (Lipinski definition) is 6. The summed E-state index contributed by atoms with van der Waals surface area (Å²) in [5.41, 5.74) is 6.34. The Kier molecular flexibility index (Phi) is 38.1. The number of hydrogen-bond donors (Lipinski definition) is 0. The van der Waals surface area contributed by atoms with E-state index in [0.29, 0.717) is 177 Å². The lowest BCUT2D eigenvalue weighted by atomic mass is 9.79. The summed E-state index contributed by atoms with van der Waals surface area (Å²) in [4.78, 5) is 77.1. The average molecular weight is 1770 g/mol. The van der Waals surface area contributed by atoms with Gasteiger partial charge in [-0.05, 0) is 330 Å². The molecule has 6 nitrogen and oxygen atoms in total. The molecular formula is C126H162O6. The maximum Gasteiger partial charge on any atom is 0.163 e. The van der Waals surface area contributed by atoms with Crippen molar-refractivity contribution in [1.29, 1.82) is 0 Å². The van der Waals surface area contributed by atoms with Gasteiger partial charge in [0.15, 0.2) is 34.7 Å². The third-order valence-electron chi connectivity index (χ3n) is 33.8. The van der Waals surface area contributed by atoms with E-state index in [-0.39, 0.29) is 35.5 Å². The Morgan fingerprint density at radius 2 is 0.402 bits per heavy atom. The number of Topliss-reactive ketones (excluding diaryl/α,β-unsaturated/α-hetero) is 6. The fourth-order valence-corrected chi connectivity index (χ4v) is 28.3. The first-order valence-electron chi connectivity index (χ1n) is 52.8. The van der Waals surface area contributed by atoms with Crippen LogP contribution in [0.3, 0.4) is 0 Å². The van der Waals surface area contributed by atoms with Crippen molar-refractivity contribution >= 4 is 34.7 Å². The van der Waals surface area contributed by atoms with Gasteiger partial charge in [0.2, 0.25) is 0 Å². The van der Waals surface area contributed by atoms with E-state index in [1.165, 1.54) is 96.3 Å². The van der Waals surface area contributed by atoms with Crippen LogP contribution in [-0.4, -0.2) is 34.7 Å². The zero-order chi connectivity index (χ0) is 93.2. The van der Waals surface area contributed by atoms with Gasteiger partial charge >= 0.3 is 0 Å². The van der Waals surface area contributed by atoms with Crippen molar-refractivity contribution in [2.45, 2.75) is 234 Å². The molecule has 0 aliphatic heterocycles. The summed E-state index contributed by atoms with van der Waals surface area (Å²) < 4.78 is 0. The number of rotatable bonds is 39. The summed E-state index contributed by atoms with van der Waals surface area (Å²) in [7, 11) is 0. The van der Waals surface area contributed by atoms with Crippen molar-refractivity contribution in [3.05, 3.63) is 328 Å². The van der Waals surface area contributed by atoms with Crippen molar-refractivity contribution in [1.82, 2.24) is 0 Å². The molecule has 0 aromatic heterocycles. The molecule has 6 heteroatoms. The molecule has 12 saturated carbocycles. The Balaban J connectivity index is 0.000000135. The van der Waals surface area contributed by atoms with Gasteiger partial charge in [0.05, 0.1) is 0 Å². The van der Waals surface area contributed by atoms with Crippen molar-refractivity contribution in [2.75, 3.05) is 0 Å². The van der Waals surface area contributed by atoms with Gasteiger partial charge in [-0.15, -0.1) is 39.5 Å². The van der Waals surface area contributed by atoms with Crippen LogP contribution in [0.5, 0.6) is 0 Å². The van der Waals surface area contributed by atoms with Crippen LogP contribution in [0.15, 0.2) is 328 Å². The molecule has 0 aromatic carbocycles. The number of carbonyl (C=O) groups excluding carboxylic acids is 6. The lowest BCUT2D eigenvalue weighted by Crippen LogP contribution is -2.21. The maximum atomic E-state index is 12.9. The molecule has 0 saturated heterocycles. The van der Waals surface area contributed by atoms with Crippen LogP contribution in [0.1, 0.15) is 234 Å². The van der Waals surface area contributed by atoms with Crippen LogP contribution >= 0.6 is 0 Å². The minimum Gasteiger partial charge on any atom is -0.294 e. The van der Waals surface area contributed by atoms with Crippen LogP contribution in [0.2, 0.25) is 0 Å². The fourth-order valence-electron chi connectivity index (χ4n) is 28.3. The smallest absolute Gasteiger partial charge is 0.163 e. The van der Waals surface area contributed by atoms with E-state index in [9.17, 15) is 28.8 Å². The van der Waals surface area contributed by atoms with E-state index in [0.717, 1.165) is 130 Å². The topological polar surface area (TPSA) is 102 Å². The molecule has 0 heterocycles. The Morgan fingerprint density at radius 3 is 0.568 bits per heavy atom. The molecule has 0 radical (unpaired) electrons. The first-order chi connectivity index (χ1) is 64.6. The van der Waals surface area contributed by atoms with Crippen LogP contribution in [0.4, 0.5) is 0 Å². The Morgan fingerprint density at radius 1 is 0.227 bits per heavy atom. The largest absolute Gasteiger partial charge is 0.294 e. The first kappa shape index (κ1) is 100. The molecule has 18 rings (SSSR count). The van der Waals surface area contributed by atoms with Crippen LogP contribution in [0.25, 0.3) is 0 Å². The highest BCUT2D eigenvalue weighted by Crippen LogP contribution is 2.65. The zero-order valence-corrected chi connectivity index (χ0v) is 81.5. The van der Waals surface area contributed by atoms with Crippen molar-refractivity contribution in [3.8, 4) is 0 Å². The van der Waals surface area contributed by atoms with Gasteiger partial charge in [-0.2, -0.15) is 0 Å². The summed E-state index contributed by atoms with van der Waals surface area (Å²) in [6.45, 7) is 36.6. The quantitative estimate of drug-likeness (QED) is 0.0345. The molecular weight excluding hydrogens is 1610 g/mol. The van der Waals surface area contributed by atoms with E-state index < -0.39 is 0 Å². The van der Waals surface area contributed by atoms with Crippen LogP contribution in [0, 0.1) is 178 Å². The molecule has 10 unspecified atom stereocenters. The predicted molar refractivity (Wildman–Crippen MR) is 554 cm³/mol. The molecule has 0 N–H and O–H groups in total. The molecule has 12 fully saturated rings. The lowest BCUT2D eigenvalue weighted by molar-refractivity contribution is -0.119. The van der Waals surface area contributed by atoms with E-state index in [1.807, 2.05) is 36.5 Å².